The standard InChI is InChI=1S/C14H19N3O6/c1-7(19)3-2-4-8-10(16-6-15-8)13(22)17-14-12(21)11(20)9(5-18)23-14/h6-7,9,11-12,14,18-21H,3,5H2,1H3,(H,15,16)(H,17,22)/t7?,9-,11-,12-,14-/m1/s1. The SMILES string of the molecule is CC(O)CC#Cc1[nH]cnc1C(=O)N[C@@H]1O[C@H](CO)[C@@H](O)[C@H]1O. The summed E-state index contributed by atoms with van der Waals surface area (Å²) in [7, 11) is 0. The molecule has 1 unspecified atom stereocenters. The van der Waals surface area contributed by atoms with E-state index >= 15 is 0 Å². The van der Waals surface area contributed by atoms with Crippen LogP contribution in [0.25, 0.3) is 0 Å². The van der Waals surface area contributed by atoms with Crippen LogP contribution < -0.4 is 5.32 Å². The first kappa shape index (κ1) is 17.4. The lowest BCUT2D eigenvalue weighted by atomic mass is 10.1. The van der Waals surface area contributed by atoms with Gasteiger partial charge in [0.15, 0.2) is 11.9 Å². The lowest BCUT2D eigenvalue weighted by Crippen LogP contribution is -2.44. The molecule has 0 spiro atoms. The van der Waals surface area contributed by atoms with Gasteiger partial charge in [0.2, 0.25) is 0 Å². The first-order chi connectivity index (χ1) is 10.9. The van der Waals surface area contributed by atoms with Crippen LogP contribution in [0, 0.1) is 11.8 Å². The third kappa shape index (κ3) is 4.07. The van der Waals surface area contributed by atoms with Crippen molar-refractivity contribution in [1.82, 2.24) is 15.3 Å². The van der Waals surface area contributed by atoms with E-state index in [1.807, 2.05) is 0 Å². The monoisotopic (exact) mass is 325 g/mol. The molecule has 9 nitrogen and oxygen atoms in total. The van der Waals surface area contributed by atoms with E-state index in [1.54, 1.807) is 6.92 Å². The number of imidazole rings is 1. The highest BCUT2D eigenvalue weighted by Crippen LogP contribution is 2.19. The molecule has 9 heteroatoms. The number of H-pyrrole nitrogens is 1. The molecule has 2 rings (SSSR count). The number of nitrogens with zero attached hydrogens (tertiary/aromatic N) is 1. The zero-order chi connectivity index (χ0) is 17.0. The number of hydrogen-bond acceptors (Lipinski definition) is 7. The van der Waals surface area contributed by atoms with E-state index in [0.717, 1.165) is 0 Å². The summed E-state index contributed by atoms with van der Waals surface area (Å²) >= 11 is 0. The van der Waals surface area contributed by atoms with Gasteiger partial charge in [-0.1, -0.05) is 5.92 Å². The van der Waals surface area contributed by atoms with Crippen LogP contribution in [0.15, 0.2) is 6.33 Å². The highest BCUT2D eigenvalue weighted by atomic mass is 16.6. The molecule has 1 aliphatic heterocycles. The van der Waals surface area contributed by atoms with Crippen LogP contribution in [0.1, 0.15) is 29.5 Å². The molecule has 0 bridgehead atoms. The molecule has 0 aromatic carbocycles. The Bertz CT molecular complexity index is 605. The van der Waals surface area contributed by atoms with E-state index in [-0.39, 0.29) is 17.8 Å². The van der Waals surface area contributed by atoms with Crippen LogP contribution in [0.4, 0.5) is 0 Å². The molecule has 5 atom stereocenters. The second-order valence-electron chi connectivity index (χ2n) is 5.21. The average molecular weight is 325 g/mol. The second-order valence-corrected chi connectivity index (χ2v) is 5.21. The Kier molecular flexibility index (Phi) is 5.70. The molecule has 0 radical (unpaired) electrons. The smallest absolute Gasteiger partial charge is 0.274 e. The number of hydrogen-bond donors (Lipinski definition) is 6. The summed E-state index contributed by atoms with van der Waals surface area (Å²) in [6.45, 7) is 1.11. The van der Waals surface area contributed by atoms with E-state index in [2.05, 4.69) is 27.1 Å². The minimum Gasteiger partial charge on any atom is -0.394 e. The van der Waals surface area contributed by atoms with Crippen LogP contribution in [-0.2, 0) is 4.74 Å². The fourth-order valence-corrected chi connectivity index (χ4v) is 2.07. The Morgan fingerprint density at radius 2 is 2.26 bits per heavy atom. The Morgan fingerprint density at radius 3 is 2.87 bits per heavy atom. The maximum Gasteiger partial charge on any atom is 0.274 e. The van der Waals surface area contributed by atoms with Gasteiger partial charge in [-0.3, -0.25) is 4.79 Å². The van der Waals surface area contributed by atoms with E-state index in [0.29, 0.717) is 0 Å². The molecule has 6 N–H and O–H groups in total. The number of carbonyl (C=O) groups excluding carboxylic acids is 1. The van der Waals surface area contributed by atoms with Gasteiger partial charge in [-0.05, 0) is 12.8 Å². The van der Waals surface area contributed by atoms with E-state index in [1.165, 1.54) is 6.33 Å². The van der Waals surface area contributed by atoms with Gasteiger partial charge in [0, 0.05) is 6.42 Å². The van der Waals surface area contributed by atoms with Crippen LogP contribution in [0.5, 0.6) is 0 Å². The van der Waals surface area contributed by atoms with Crippen LogP contribution in [-0.4, -0.2) is 73.6 Å². The van der Waals surface area contributed by atoms with Crippen molar-refractivity contribution in [3.63, 3.8) is 0 Å². The number of aliphatic hydroxyl groups excluding tert-OH is 4. The summed E-state index contributed by atoms with van der Waals surface area (Å²) in [6, 6.07) is 0. The highest BCUT2D eigenvalue weighted by molar-refractivity contribution is 5.94. The van der Waals surface area contributed by atoms with Crippen LogP contribution in [0.2, 0.25) is 0 Å². The molecule has 1 amide bonds. The van der Waals surface area contributed by atoms with Gasteiger partial charge >= 0.3 is 0 Å². The number of aromatic nitrogens is 2. The lowest BCUT2D eigenvalue weighted by Gasteiger charge is -2.15. The molecule has 2 heterocycles. The van der Waals surface area contributed by atoms with Gasteiger partial charge in [0.1, 0.15) is 24.0 Å². The fraction of sp³-hybridized carbons (Fsp3) is 0.571. The van der Waals surface area contributed by atoms with Gasteiger partial charge in [0.05, 0.1) is 19.0 Å². The van der Waals surface area contributed by atoms with Crippen molar-refractivity contribution >= 4 is 5.91 Å². The molecule has 126 valence electrons. The van der Waals surface area contributed by atoms with Crippen molar-refractivity contribution in [2.45, 2.75) is 44.0 Å². The van der Waals surface area contributed by atoms with Crippen molar-refractivity contribution in [3.8, 4) is 11.8 Å². The number of aliphatic hydroxyl groups is 4. The maximum absolute atomic E-state index is 12.2. The highest BCUT2D eigenvalue weighted by Gasteiger charge is 2.43. The average Bonchev–Trinajstić information content (AvgIpc) is 3.07. The fourth-order valence-electron chi connectivity index (χ4n) is 2.07. The van der Waals surface area contributed by atoms with E-state index in [4.69, 9.17) is 14.9 Å². The summed E-state index contributed by atoms with van der Waals surface area (Å²) in [5.74, 6) is 4.74. The minimum atomic E-state index is -1.36. The molecule has 0 aliphatic carbocycles. The molecule has 23 heavy (non-hydrogen) atoms. The Labute approximate surface area is 132 Å². The van der Waals surface area contributed by atoms with Crippen molar-refractivity contribution in [2.75, 3.05) is 6.61 Å². The Balaban J connectivity index is 2.04. The predicted molar refractivity (Wildman–Crippen MR) is 77.0 cm³/mol. The summed E-state index contributed by atoms with van der Waals surface area (Å²) < 4.78 is 5.17. The molecule has 1 aromatic rings. The normalized spacial score (nSPS) is 28.0. The zero-order valence-corrected chi connectivity index (χ0v) is 12.4. The zero-order valence-electron chi connectivity index (χ0n) is 12.4. The van der Waals surface area contributed by atoms with Crippen molar-refractivity contribution in [1.29, 1.82) is 0 Å². The van der Waals surface area contributed by atoms with Gasteiger partial charge < -0.3 is 35.5 Å². The number of nitrogens with one attached hydrogen (secondary N) is 2. The van der Waals surface area contributed by atoms with Crippen molar-refractivity contribution < 1.29 is 30.0 Å². The maximum atomic E-state index is 12.2. The third-order valence-corrected chi connectivity index (χ3v) is 3.28. The largest absolute Gasteiger partial charge is 0.394 e. The molecular formula is C14H19N3O6. The quantitative estimate of drug-likeness (QED) is 0.341. The number of carbonyl (C=O) groups is 1. The molecule has 1 fully saturated rings. The third-order valence-electron chi connectivity index (χ3n) is 3.28. The topological polar surface area (TPSA) is 148 Å². The molecule has 1 aliphatic rings. The first-order valence-electron chi connectivity index (χ1n) is 7.07. The summed E-state index contributed by atoms with van der Waals surface area (Å²) in [6.07, 6.45) is -3.84. The Morgan fingerprint density at radius 1 is 1.52 bits per heavy atom. The summed E-state index contributed by atoms with van der Waals surface area (Å²) in [5, 5.41) is 40.0. The van der Waals surface area contributed by atoms with Gasteiger partial charge in [0.25, 0.3) is 5.91 Å². The van der Waals surface area contributed by atoms with Crippen molar-refractivity contribution in [2.24, 2.45) is 0 Å². The number of aromatic amines is 1. The molecular weight excluding hydrogens is 306 g/mol. The van der Waals surface area contributed by atoms with E-state index in [9.17, 15) is 15.0 Å². The predicted octanol–water partition coefficient (Wildman–Crippen LogP) is -2.30. The number of ether oxygens (including phenoxy) is 1. The van der Waals surface area contributed by atoms with Gasteiger partial charge in [-0.2, -0.15) is 0 Å². The van der Waals surface area contributed by atoms with Crippen molar-refractivity contribution in [3.05, 3.63) is 17.7 Å². The van der Waals surface area contributed by atoms with Crippen LogP contribution in [0.3, 0.4) is 0 Å². The number of rotatable bonds is 4. The van der Waals surface area contributed by atoms with E-state index < -0.39 is 43.2 Å². The second kappa shape index (κ2) is 7.54. The first-order valence-corrected chi connectivity index (χ1v) is 7.07. The summed E-state index contributed by atoms with van der Waals surface area (Å²) in [5.41, 5.74) is 0.260. The molecule has 1 aromatic heterocycles. The Hall–Kier alpha value is -1.96. The summed E-state index contributed by atoms with van der Waals surface area (Å²) in [4.78, 5) is 18.7. The lowest BCUT2D eigenvalue weighted by molar-refractivity contribution is -0.0305. The van der Waals surface area contributed by atoms with Gasteiger partial charge in [-0.25, -0.2) is 4.98 Å². The van der Waals surface area contributed by atoms with Crippen LogP contribution >= 0.6 is 0 Å². The molecule has 1 saturated heterocycles. The molecule has 0 saturated carbocycles. The minimum absolute atomic E-state index is 0.000770. The number of amides is 1. The van der Waals surface area contributed by atoms with Gasteiger partial charge in [-0.15, -0.1) is 0 Å².